The van der Waals surface area contributed by atoms with Crippen molar-refractivity contribution < 1.29 is 0 Å². The minimum absolute atomic E-state index is 0.641. The molecule has 10 aromatic carbocycles. The Bertz CT molecular complexity index is 3090. The molecule has 0 amide bonds. The van der Waals surface area contributed by atoms with Crippen LogP contribution < -0.4 is 0 Å². The van der Waals surface area contributed by atoms with Crippen LogP contribution in [-0.4, -0.2) is 19.5 Å². The van der Waals surface area contributed by atoms with Crippen LogP contribution in [0.15, 0.2) is 158 Å². The first-order valence-electron chi connectivity index (χ1n) is 17.4. The quantitative estimate of drug-likeness (QED) is 0.179. The van der Waals surface area contributed by atoms with Crippen LogP contribution in [0.1, 0.15) is 0 Å². The van der Waals surface area contributed by atoms with Crippen molar-refractivity contribution in [1.29, 1.82) is 0 Å². The molecule has 0 saturated heterocycles. The lowest BCUT2D eigenvalue weighted by Gasteiger charge is -2.16. The molecule has 4 heteroatoms. The van der Waals surface area contributed by atoms with E-state index in [4.69, 9.17) is 15.0 Å². The molecular formula is C47H26N4. The third kappa shape index (κ3) is 3.60. The van der Waals surface area contributed by atoms with E-state index in [1.807, 2.05) is 36.4 Å². The van der Waals surface area contributed by atoms with E-state index >= 15 is 0 Å². The average Bonchev–Trinajstić information content (AvgIpc) is 3.47. The predicted octanol–water partition coefficient (Wildman–Crippen LogP) is 12.0. The summed E-state index contributed by atoms with van der Waals surface area (Å²) in [4.78, 5) is 15.3. The van der Waals surface area contributed by atoms with Crippen LogP contribution in [0, 0.1) is 0 Å². The molecule has 0 atom stereocenters. The molecule has 0 aliphatic carbocycles. The van der Waals surface area contributed by atoms with Gasteiger partial charge in [0.2, 0.25) is 0 Å². The molecule has 0 N–H and O–H groups in total. The molecule has 0 spiro atoms. The third-order valence-corrected chi connectivity index (χ3v) is 10.9. The van der Waals surface area contributed by atoms with Crippen LogP contribution in [0.5, 0.6) is 0 Å². The summed E-state index contributed by atoms with van der Waals surface area (Å²) < 4.78 is 2.44. The first kappa shape index (κ1) is 27.0. The van der Waals surface area contributed by atoms with Gasteiger partial charge in [0.1, 0.15) is 0 Å². The monoisotopic (exact) mass is 646 g/mol. The highest BCUT2D eigenvalue weighted by molar-refractivity contribution is 6.45. The number of rotatable bonds is 4. The normalized spacial score (nSPS) is 12.3. The molecule has 234 valence electrons. The Kier molecular flexibility index (Phi) is 5.20. The second kappa shape index (κ2) is 9.84. The van der Waals surface area contributed by atoms with Crippen LogP contribution in [-0.2, 0) is 0 Å². The molecule has 2 heterocycles. The van der Waals surface area contributed by atoms with Crippen LogP contribution in [0.2, 0.25) is 0 Å². The van der Waals surface area contributed by atoms with Gasteiger partial charge in [0.05, 0.1) is 16.7 Å². The molecule has 0 fully saturated rings. The third-order valence-electron chi connectivity index (χ3n) is 10.9. The van der Waals surface area contributed by atoms with Crippen molar-refractivity contribution in [3.63, 3.8) is 0 Å². The molecule has 0 saturated carbocycles. The van der Waals surface area contributed by atoms with E-state index in [0.717, 1.165) is 22.4 Å². The fourth-order valence-electron chi connectivity index (χ4n) is 8.71. The van der Waals surface area contributed by atoms with Crippen LogP contribution >= 0.6 is 0 Å². The van der Waals surface area contributed by atoms with Gasteiger partial charge in [-0.3, -0.25) is 0 Å². The molecule has 0 aliphatic rings. The molecule has 2 aromatic heterocycles. The Hall–Kier alpha value is -6.91. The van der Waals surface area contributed by atoms with Gasteiger partial charge in [-0.15, -0.1) is 0 Å². The van der Waals surface area contributed by atoms with Crippen LogP contribution in [0.4, 0.5) is 0 Å². The second-order valence-electron chi connectivity index (χ2n) is 13.6. The Morgan fingerprint density at radius 3 is 1.10 bits per heavy atom. The maximum Gasteiger partial charge on any atom is 0.166 e. The summed E-state index contributed by atoms with van der Waals surface area (Å²) in [5.41, 5.74) is 6.23. The van der Waals surface area contributed by atoms with Crippen molar-refractivity contribution in [2.75, 3.05) is 0 Å². The van der Waals surface area contributed by atoms with Crippen molar-refractivity contribution in [2.24, 2.45) is 0 Å². The summed E-state index contributed by atoms with van der Waals surface area (Å²) in [6.07, 6.45) is 0. The summed E-state index contributed by atoms with van der Waals surface area (Å²) >= 11 is 0. The predicted molar refractivity (Wildman–Crippen MR) is 212 cm³/mol. The number of nitrogens with zero attached hydrogens (tertiary/aromatic N) is 4. The SMILES string of the molecule is c1ccc(-c2nc(-c3ccccc3)nc(-c3ccccc3-n3c4ccc5ccc6ccc7ccc8ccc9ccc3c3c9c8c7c6c5c34)n2)cc1. The van der Waals surface area contributed by atoms with Crippen molar-refractivity contribution in [1.82, 2.24) is 19.5 Å². The number of hydrogen-bond donors (Lipinski definition) is 0. The number of para-hydroxylation sites is 1. The molecule has 0 bridgehead atoms. The largest absolute Gasteiger partial charge is 0.308 e. The summed E-state index contributed by atoms with van der Waals surface area (Å²) in [5.74, 6) is 1.94. The fraction of sp³-hybridized carbons (Fsp3) is 0. The summed E-state index contributed by atoms with van der Waals surface area (Å²) in [6, 6.07) is 56.4. The van der Waals surface area contributed by atoms with Crippen molar-refractivity contribution >= 4 is 75.7 Å². The summed E-state index contributed by atoms with van der Waals surface area (Å²) in [5, 5.41) is 15.6. The smallest absolute Gasteiger partial charge is 0.166 e. The molecule has 12 aromatic rings. The molecule has 12 rings (SSSR count). The maximum atomic E-state index is 5.16. The molecule has 4 nitrogen and oxygen atoms in total. The Balaban J connectivity index is 1.24. The Labute approximate surface area is 291 Å². The summed E-state index contributed by atoms with van der Waals surface area (Å²) in [7, 11) is 0. The lowest BCUT2D eigenvalue weighted by atomic mass is 9.92. The fourth-order valence-corrected chi connectivity index (χ4v) is 8.71. The van der Waals surface area contributed by atoms with E-state index in [1.165, 1.54) is 75.7 Å². The van der Waals surface area contributed by atoms with Gasteiger partial charge in [-0.25, -0.2) is 15.0 Å². The highest BCUT2D eigenvalue weighted by atomic mass is 15.1. The van der Waals surface area contributed by atoms with E-state index in [0.29, 0.717) is 17.5 Å². The van der Waals surface area contributed by atoms with Crippen LogP contribution in [0.25, 0.3) is 116 Å². The van der Waals surface area contributed by atoms with Gasteiger partial charge in [0.25, 0.3) is 0 Å². The Morgan fingerprint density at radius 2 is 0.647 bits per heavy atom. The van der Waals surface area contributed by atoms with Gasteiger partial charge in [0.15, 0.2) is 17.5 Å². The van der Waals surface area contributed by atoms with Gasteiger partial charge in [0, 0.05) is 38.2 Å². The van der Waals surface area contributed by atoms with Crippen molar-refractivity contribution in [3.8, 4) is 39.9 Å². The molecule has 0 radical (unpaired) electrons. The molecule has 51 heavy (non-hydrogen) atoms. The minimum Gasteiger partial charge on any atom is -0.308 e. The number of aromatic nitrogens is 4. The van der Waals surface area contributed by atoms with Gasteiger partial charge in [-0.2, -0.15) is 0 Å². The first-order chi connectivity index (χ1) is 25.3. The minimum atomic E-state index is 0.641. The van der Waals surface area contributed by atoms with Gasteiger partial charge < -0.3 is 4.57 Å². The van der Waals surface area contributed by atoms with Crippen LogP contribution in [0.3, 0.4) is 0 Å². The highest BCUT2D eigenvalue weighted by Crippen LogP contribution is 2.50. The average molecular weight is 647 g/mol. The standard InChI is InChI=1S/C47H26N4/c1-3-9-32(10-4-1)45-48-46(33-11-5-2-6-12-33)50-47(49-45)34-13-7-8-14-35(34)51-36-25-23-30-21-19-28-17-15-27-16-18-29-20-22-31-24-26-37(51)44-42(31)40(29)38(27)39(28)41(30)43(36)44/h1-26H. The maximum absolute atomic E-state index is 5.16. The second-order valence-corrected chi connectivity index (χ2v) is 13.6. The zero-order chi connectivity index (χ0) is 33.2. The van der Waals surface area contributed by atoms with Crippen molar-refractivity contribution in [2.45, 2.75) is 0 Å². The summed E-state index contributed by atoms with van der Waals surface area (Å²) in [6.45, 7) is 0. The molecule has 0 aliphatic heterocycles. The van der Waals surface area contributed by atoms with E-state index in [9.17, 15) is 0 Å². The van der Waals surface area contributed by atoms with Gasteiger partial charge in [-0.1, -0.05) is 133 Å². The lowest BCUT2D eigenvalue weighted by molar-refractivity contribution is 1.06. The topological polar surface area (TPSA) is 43.6 Å². The lowest BCUT2D eigenvalue weighted by Crippen LogP contribution is -2.03. The van der Waals surface area contributed by atoms with E-state index in [2.05, 4.69) is 126 Å². The van der Waals surface area contributed by atoms with Crippen molar-refractivity contribution in [3.05, 3.63) is 158 Å². The highest BCUT2D eigenvalue weighted by Gasteiger charge is 2.25. The number of benzene rings is 9. The Morgan fingerprint density at radius 1 is 0.294 bits per heavy atom. The molecular weight excluding hydrogens is 621 g/mol. The molecule has 0 unspecified atom stereocenters. The van der Waals surface area contributed by atoms with E-state index < -0.39 is 0 Å². The zero-order valence-electron chi connectivity index (χ0n) is 27.3. The first-order valence-corrected chi connectivity index (χ1v) is 17.4. The number of hydrogen-bond acceptors (Lipinski definition) is 3. The van der Waals surface area contributed by atoms with Gasteiger partial charge >= 0.3 is 0 Å². The van der Waals surface area contributed by atoms with Gasteiger partial charge in [-0.05, 0) is 67.4 Å². The van der Waals surface area contributed by atoms with E-state index in [-0.39, 0.29) is 0 Å². The van der Waals surface area contributed by atoms with E-state index in [1.54, 1.807) is 0 Å². The zero-order valence-corrected chi connectivity index (χ0v) is 27.3.